The van der Waals surface area contributed by atoms with E-state index in [2.05, 4.69) is 27.3 Å². The van der Waals surface area contributed by atoms with E-state index >= 15 is 0 Å². The Labute approximate surface area is 113 Å². The van der Waals surface area contributed by atoms with Crippen molar-refractivity contribution in [3.05, 3.63) is 53.7 Å². The zero-order valence-electron chi connectivity index (χ0n) is 9.54. The van der Waals surface area contributed by atoms with Gasteiger partial charge in [0.2, 0.25) is 0 Å². The summed E-state index contributed by atoms with van der Waals surface area (Å²) >= 11 is 3.41. The molecule has 5 heteroatoms. The third kappa shape index (κ3) is 2.63. The van der Waals surface area contributed by atoms with E-state index in [-0.39, 0.29) is 0 Å². The zero-order valence-corrected chi connectivity index (χ0v) is 11.2. The van der Waals surface area contributed by atoms with E-state index in [0.29, 0.717) is 0 Å². The summed E-state index contributed by atoms with van der Waals surface area (Å²) in [6.07, 6.45) is 0. The molecule has 1 aromatic carbocycles. The first-order chi connectivity index (χ1) is 8.92. The molecule has 0 bridgehead atoms. The minimum atomic E-state index is 0.786. The van der Waals surface area contributed by atoms with Gasteiger partial charge >= 0.3 is 0 Å². The summed E-state index contributed by atoms with van der Waals surface area (Å²) < 4.78 is 0. The van der Waals surface area contributed by atoms with Crippen LogP contribution in [0, 0.1) is 0 Å². The van der Waals surface area contributed by atoms with E-state index in [0.717, 1.165) is 22.3 Å². The smallest absolute Gasteiger partial charge is 0.191 e. The Bertz CT molecular complexity index is 602. The van der Waals surface area contributed by atoms with E-state index < -0.39 is 0 Å². The topological polar surface area (TPSA) is 41.6 Å². The van der Waals surface area contributed by atoms with Gasteiger partial charge in [0.1, 0.15) is 5.82 Å². The van der Waals surface area contributed by atoms with Gasteiger partial charge in [-0.3, -0.25) is 5.10 Å². The molecule has 0 radical (unpaired) electrons. The van der Waals surface area contributed by atoms with Crippen molar-refractivity contribution in [3.63, 3.8) is 0 Å². The number of nitrogens with zero attached hydrogens (tertiary/aromatic N) is 2. The monoisotopic (exact) mass is 273 g/mol. The molecule has 0 spiro atoms. The fraction of sp³-hybridized carbons (Fsp3) is 0.0769. The van der Waals surface area contributed by atoms with Crippen LogP contribution in [0.2, 0.25) is 0 Å². The van der Waals surface area contributed by atoms with Crippen LogP contribution in [0.3, 0.4) is 0 Å². The molecule has 2 aromatic heterocycles. The van der Waals surface area contributed by atoms with Crippen molar-refractivity contribution >= 4 is 23.1 Å². The number of nitrogens with one attached hydrogen (secondary N) is 1. The fourth-order valence-corrected chi connectivity index (χ4v) is 2.98. The largest absolute Gasteiger partial charge is 0.262 e. The Morgan fingerprint density at radius 2 is 2.00 bits per heavy atom. The van der Waals surface area contributed by atoms with Gasteiger partial charge in [0.15, 0.2) is 5.82 Å². The van der Waals surface area contributed by atoms with Gasteiger partial charge in [-0.25, -0.2) is 4.98 Å². The Balaban J connectivity index is 1.68. The Hall–Kier alpha value is -1.59. The normalized spacial score (nSPS) is 10.7. The molecule has 2 heterocycles. The average Bonchev–Trinajstić information content (AvgIpc) is 3.08. The predicted molar refractivity (Wildman–Crippen MR) is 75.7 cm³/mol. The summed E-state index contributed by atoms with van der Waals surface area (Å²) in [5.74, 6) is 2.50. The van der Waals surface area contributed by atoms with E-state index in [1.54, 1.807) is 23.1 Å². The van der Waals surface area contributed by atoms with E-state index in [1.165, 1.54) is 4.90 Å². The molecule has 0 aliphatic rings. The molecule has 0 saturated carbocycles. The Kier molecular flexibility index (Phi) is 3.43. The van der Waals surface area contributed by atoms with Crippen LogP contribution in [-0.4, -0.2) is 15.2 Å². The van der Waals surface area contributed by atoms with Crippen LogP contribution < -0.4 is 0 Å². The number of thioether (sulfide) groups is 1. The molecular weight excluding hydrogens is 262 g/mol. The minimum Gasteiger partial charge on any atom is -0.262 e. The SMILES string of the molecule is c1ccc(SCc2nc(-c3cccs3)n[nH]2)cc1. The van der Waals surface area contributed by atoms with Crippen molar-refractivity contribution < 1.29 is 0 Å². The van der Waals surface area contributed by atoms with Crippen molar-refractivity contribution in [2.75, 3.05) is 0 Å². The molecule has 3 rings (SSSR count). The van der Waals surface area contributed by atoms with Gasteiger partial charge < -0.3 is 0 Å². The molecule has 90 valence electrons. The molecule has 0 unspecified atom stereocenters. The number of aromatic amines is 1. The van der Waals surface area contributed by atoms with Gasteiger partial charge in [0.05, 0.1) is 10.6 Å². The van der Waals surface area contributed by atoms with Crippen molar-refractivity contribution in [3.8, 4) is 10.7 Å². The number of rotatable bonds is 4. The van der Waals surface area contributed by atoms with Crippen LogP contribution in [0.25, 0.3) is 10.7 Å². The Morgan fingerprint density at radius 3 is 2.78 bits per heavy atom. The number of hydrogen-bond acceptors (Lipinski definition) is 4. The summed E-state index contributed by atoms with van der Waals surface area (Å²) in [4.78, 5) is 6.83. The van der Waals surface area contributed by atoms with Gasteiger partial charge in [0, 0.05) is 4.90 Å². The van der Waals surface area contributed by atoms with Crippen molar-refractivity contribution in [2.45, 2.75) is 10.6 Å². The first-order valence-electron chi connectivity index (χ1n) is 5.55. The molecule has 18 heavy (non-hydrogen) atoms. The summed E-state index contributed by atoms with van der Waals surface area (Å²) in [5.41, 5.74) is 0. The van der Waals surface area contributed by atoms with Crippen LogP contribution >= 0.6 is 23.1 Å². The summed E-state index contributed by atoms with van der Waals surface area (Å²) in [5, 5.41) is 9.25. The molecule has 0 amide bonds. The number of aromatic nitrogens is 3. The predicted octanol–water partition coefficient (Wildman–Crippen LogP) is 3.83. The standard InChI is InChI=1S/C13H11N3S2/c1-2-5-10(6-3-1)18-9-12-14-13(16-15-12)11-7-4-8-17-11/h1-8H,9H2,(H,14,15,16). The molecule has 1 N–H and O–H groups in total. The van der Waals surface area contributed by atoms with Crippen LogP contribution in [0.4, 0.5) is 0 Å². The highest BCUT2D eigenvalue weighted by atomic mass is 32.2. The molecule has 0 saturated heterocycles. The Morgan fingerprint density at radius 1 is 1.11 bits per heavy atom. The summed E-state index contributed by atoms with van der Waals surface area (Å²) in [6, 6.07) is 14.3. The summed E-state index contributed by atoms with van der Waals surface area (Å²) in [6.45, 7) is 0. The number of hydrogen-bond donors (Lipinski definition) is 1. The average molecular weight is 273 g/mol. The quantitative estimate of drug-likeness (QED) is 0.735. The van der Waals surface area contributed by atoms with Gasteiger partial charge in [-0.1, -0.05) is 24.3 Å². The zero-order chi connectivity index (χ0) is 12.2. The first kappa shape index (κ1) is 11.5. The second-order valence-corrected chi connectivity index (χ2v) is 5.68. The van der Waals surface area contributed by atoms with Crippen molar-refractivity contribution in [1.29, 1.82) is 0 Å². The van der Waals surface area contributed by atoms with Crippen LogP contribution in [0.1, 0.15) is 5.82 Å². The lowest BCUT2D eigenvalue weighted by Crippen LogP contribution is -1.83. The van der Waals surface area contributed by atoms with Gasteiger partial charge in [-0.15, -0.1) is 23.1 Å². The highest BCUT2D eigenvalue weighted by Crippen LogP contribution is 2.23. The lowest BCUT2D eigenvalue weighted by molar-refractivity contribution is 1.03. The fourth-order valence-electron chi connectivity index (χ4n) is 1.54. The highest BCUT2D eigenvalue weighted by Gasteiger charge is 2.06. The van der Waals surface area contributed by atoms with E-state index in [4.69, 9.17) is 0 Å². The van der Waals surface area contributed by atoms with Crippen LogP contribution in [0.15, 0.2) is 52.7 Å². The van der Waals surface area contributed by atoms with E-state index in [9.17, 15) is 0 Å². The minimum absolute atomic E-state index is 0.786. The molecular formula is C13H11N3S2. The van der Waals surface area contributed by atoms with Gasteiger partial charge in [-0.2, -0.15) is 5.10 Å². The van der Waals surface area contributed by atoms with Crippen LogP contribution in [-0.2, 0) is 5.75 Å². The number of thiophene rings is 1. The van der Waals surface area contributed by atoms with Gasteiger partial charge in [-0.05, 0) is 23.6 Å². The van der Waals surface area contributed by atoms with Crippen molar-refractivity contribution in [1.82, 2.24) is 15.2 Å². The molecule has 3 nitrogen and oxygen atoms in total. The molecule has 0 atom stereocenters. The lowest BCUT2D eigenvalue weighted by atomic mass is 10.4. The van der Waals surface area contributed by atoms with E-state index in [1.807, 2.05) is 35.7 Å². The lowest BCUT2D eigenvalue weighted by Gasteiger charge is -1.97. The third-order valence-electron chi connectivity index (χ3n) is 2.39. The first-order valence-corrected chi connectivity index (χ1v) is 7.41. The number of H-pyrrole nitrogens is 1. The van der Waals surface area contributed by atoms with Crippen molar-refractivity contribution in [2.24, 2.45) is 0 Å². The molecule has 0 fully saturated rings. The summed E-state index contributed by atoms with van der Waals surface area (Å²) in [7, 11) is 0. The second kappa shape index (κ2) is 5.37. The molecule has 0 aliphatic carbocycles. The van der Waals surface area contributed by atoms with Gasteiger partial charge in [0.25, 0.3) is 0 Å². The number of benzene rings is 1. The third-order valence-corrected chi connectivity index (χ3v) is 4.28. The second-order valence-electron chi connectivity index (χ2n) is 3.68. The maximum absolute atomic E-state index is 4.49. The molecule has 3 aromatic rings. The maximum Gasteiger partial charge on any atom is 0.191 e. The maximum atomic E-state index is 4.49. The highest BCUT2D eigenvalue weighted by molar-refractivity contribution is 7.98. The van der Waals surface area contributed by atoms with Crippen LogP contribution in [0.5, 0.6) is 0 Å². The molecule has 0 aliphatic heterocycles.